The van der Waals surface area contributed by atoms with Gasteiger partial charge in [-0.3, -0.25) is 0 Å². The average Bonchev–Trinajstić information content (AvgIpc) is 3.15. The van der Waals surface area contributed by atoms with E-state index in [4.69, 9.17) is 0 Å². The molecule has 3 aromatic carbocycles. The monoisotopic (exact) mass is 310 g/mol. The molecule has 0 saturated heterocycles. The summed E-state index contributed by atoms with van der Waals surface area (Å²) in [4.78, 5) is 2.85. The van der Waals surface area contributed by atoms with Gasteiger partial charge in [0.1, 0.15) is 0 Å². The summed E-state index contributed by atoms with van der Waals surface area (Å²) in [5.74, 6) is 0. The van der Waals surface area contributed by atoms with Gasteiger partial charge < -0.3 is 0 Å². The molecule has 0 bridgehead atoms. The van der Waals surface area contributed by atoms with E-state index >= 15 is 0 Å². The standard InChI is InChI=1S/C22H14S/c1-11-3-4-13-14-7-8-17-21-16(19-10-12(2)23-22(17)19)6-5-15(20(14)21)18(13)9-11/h3-10H,1-2H3. The van der Waals surface area contributed by atoms with E-state index in [1.807, 2.05) is 11.3 Å². The first-order valence-corrected chi connectivity index (χ1v) is 8.86. The smallest absolute Gasteiger partial charge is 0.0430 e. The van der Waals surface area contributed by atoms with E-state index in [9.17, 15) is 0 Å². The van der Waals surface area contributed by atoms with Crippen LogP contribution in [-0.4, -0.2) is 0 Å². The van der Waals surface area contributed by atoms with Gasteiger partial charge in [0.2, 0.25) is 0 Å². The summed E-state index contributed by atoms with van der Waals surface area (Å²) in [7, 11) is 0. The van der Waals surface area contributed by atoms with Crippen LogP contribution >= 0.6 is 11.3 Å². The highest BCUT2D eigenvalue weighted by Crippen LogP contribution is 2.57. The highest BCUT2D eigenvalue weighted by Gasteiger charge is 2.29. The van der Waals surface area contributed by atoms with E-state index < -0.39 is 0 Å². The van der Waals surface area contributed by atoms with E-state index in [0.29, 0.717) is 0 Å². The van der Waals surface area contributed by atoms with Crippen LogP contribution in [-0.2, 0) is 0 Å². The molecule has 2 aliphatic rings. The van der Waals surface area contributed by atoms with Gasteiger partial charge in [-0.1, -0.05) is 48.0 Å². The van der Waals surface area contributed by atoms with Crippen molar-refractivity contribution in [2.24, 2.45) is 0 Å². The lowest BCUT2D eigenvalue weighted by atomic mass is 9.97. The SMILES string of the molecule is Cc1ccc2c(c1)-c1ccc3c4c(ccc-2c14)-c1sc(C)cc1-3. The number of thiophene rings is 1. The molecule has 1 aromatic heterocycles. The van der Waals surface area contributed by atoms with Gasteiger partial charge in [-0.05, 0) is 58.5 Å². The van der Waals surface area contributed by atoms with E-state index in [0.717, 1.165) is 0 Å². The van der Waals surface area contributed by atoms with Gasteiger partial charge >= 0.3 is 0 Å². The van der Waals surface area contributed by atoms with Gasteiger partial charge in [-0.15, -0.1) is 11.3 Å². The van der Waals surface area contributed by atoms with Crippen molar-refractivity contribution in [3.8, 4) is 43.8 Å². The molecule has 6 rings (SSSR count). The molecule has 1 heterocycles. The van der Waals surface area contributed by atoms with Crippen LogP contribution in [0.1, 0.15) is 10.4 Å². The molecule has 0 spiro atoms. The second-order valence-corrected chi connectivity index (χ2v) is 7.98. The van der Waals surface area contributed by atoms with Crippen LogP contribution in [0.15, 0.2) is 48.5 Å². The molecule has 0 aliphatic heterocycles. The Bertz CT molecular complexity index is 1150. The molecular formula is C22H14S. The maximum atomic E-state index is 2.35. The van der Waals surface area contributed by atoms with Crippen molar-refractivity contribution >= 4 is 22.1 Å². The Balaban J connectivity index is 1.83. The molecule has 1 heteroatoms. The van der Waals surface area contributed by atoms with E-state index in [1.165, 1.54) is 65.0 Å². The molecular weight excluding hydrogens is 296 g/mol. The number of hydrogen-bond donors (Lipinski definition) is 0. The second-order valence-electron chi connectivity index (χ2n) is 6.72. The average molecular weight is 310 g/mol. The summed E-state index contributed by atoms with van der Waals surface area (Å²) in [5.41, 5.74) is 11.2. The largest absolute Gasteiger partial charge is 0.140 e. The summed E-state index contributed by atoms with van der Waals surface area (Å²) in [6.07, 6.45) is 0. The normalized spacial score (nSPS) is 12.8. The summed E-state index contributed by atoms with van der Waals surface area (Å²) in [6.45, 7) is 4.39. The van der Waals surface area contributed by atoms with Crippen molar-refractivity contribution in [3.63, 3.8) is 0 Å². The molecule has 2 aliphatic carbocycles. The maximum absolute atomic E-state index is 2.35. The van der Waals surface area contributed by atoms with Crippen LogP contribution in [0.5, 0.6) is 0 Å². The zero-order chi connectivity index (χ0) is 15.3. The Morgan fingerprint density at radius 1 is 0.565 bits per heavy atom. The molecule has 0 atom stereocenters. The lowest BCUT2D eigenvalue weighted by molar-refractivity contribution is 1.48. The lowest BCUT2D eigenvalue weighted by Gasteiger charge is -2.06. The topological polar surface area (TPSA) is 0 Å². The first-order valence-electron chi connectivity index (χ1n) is 8.04. The van der Waals surface area contributed by atoms with Crippen molar-refractivity contribution in [1.82, 2.24) is 0 Å². The van der Waals surface area contributed by atoms with Gasteiger partial charge in [-0.2, -0.15) is 0 Å². The lowest BCUT2D eigenvalue weighted by Crippen LogP contribution is -1.79. The third kappa shape index (κ3) is 1.29. The van der Waals surface area contributed by atoms with Gasteiger partial charge in [0.25, 0.3) is 0 Å². The van der Waals surface area contributed by atoms with Crippen LogP contribution in [0, 0.1) is 13.8 Å². The van der Waals surface area contributed by atoms with Gasteiger partial charge in [-0.25, -0.2) is 0 Å². The predicted octanol–water partition coefficient (Wildman–Crippen LogP) is 6.81. The fraction of sp³-hybridized carbons (Fsp3) is 0.0909. The number of fused-ring (bicyclic) bond motifs is 6. The van der Waals surface area contributed by atoms with E-state index in [2.05, 4.69) is 62.4 Å². The quantitative estimate of drug-likeness (QED) is 0.289. The predicted molar refractivity (Wildman–Crippen MR) is 100 cm³/mol. The highest BCUT2D eigenvalue weighted by molar-refractivity contribution is 7.16. The zero-order valence-corrected chi connectivity index (χ0v) is 13.8. The molecule has 0 radical (unpaired) electrons. The minimum atomic E-state index is 1.33. The van der Waals surface area contributed by atoms with Crippen molar-refractivity contribution in [2.75, 3.05) is 0 Å². The summed E-state index contributed by atoms with van der Waals surface area (Å²) >= 11 is 1.92. The number of hydrogen-bond acceptors (Lipinski definition) is 1. The molecule has 0 amide bonds. The Morgan fingerprint density at radius 3 is 2.00 bits per heavy atom. The van der Waals surface area contributed by atoms with Crippen molar-refractivity contribution in [3.05, 3.63) is 59.0 Å². The van der Waals surface area contributed by atoms with Crippen LogP contribution in [0.2, 0.25) is 0 Å². The second kappa shape index (κ2) is 3.74. The van der Waals surface area contributed by atoms with Crippen molar-refractivity contribution < 1.29 is 0 Å². The Labute approximate surface area is 139 Å². The summed E-state index contributed by atoms with van der Waals surface area (Å²) < 4.78 is 0. The fourth-order valence-corrected chi connectivity index (χ4v) is 5.45. The Kier molecular flexibility index (Phi) is 1.97. The highest BCUT2D eigenvalue weighted by atomic mass is 32.1. The van der Waals surface area contributed by atoms with E-state index in [1.54, 1.807) is 0 Å². The Hall–Kier alpha value is -2.38. The minimum Gasteiger partial charge on any atom is -0.140 e. The maximum Gasteiger partial charge on any atom is 0.0430 e. The Morgan fingerprint density at radius 2 is 1.17 bits per heavy atom. The van der Waals surface area contributed by atoms with Gasteiger partial charge in [0.05, 0.1) is 0 Å². The van der Waals surface area contributed by atoms with Crippen molar-refractivity contribution in [1.29, 1.82) is 0 Å². The molecule has 0 N–H and O–H groups in total. The van der Waals surface area contributed by atoms with Crippen molar-refractivity contribution in [2.45, 2.75) is 13.8 Å². The van der Waals surface area contributed by atoms with E-state index in [-0.39, 0.29) is 0 Å². The first kappa shape index (κ1) is 12.1. The molecule has 0 nitrogen and oxygen atoms in total. The number of rotatable bonds is 0. The van der Waals surface area contributed by atoms with Gasteiger partial charge in [0.15, 0.2) is 0 Å². The minimum absolute atomic E-state index is 1.33. The molecule has 23 heavy (non-hydrogen) atoms. The number of aryl methyl sites for hydroxylation is 2. The van der Waals surface area contributed by atoms with Gasteiger partial charge in [0, 0.05) is 20.9 Å². The zero-order valence-electron chi connectivity index (χ0n) is 13.0. The third-order valence-corrected chi connectivity index (χ3v) is 6.39. The molecule has 108 valence electrons. The summed E-state index contributed by atoms with van der Waals surface area (Å²) in [6, 6.07) is 18.5. The van der Waals surface area contributed by atoms with Crippen LogP contribution in [0.3, 0.4) is 0 Å². The first-order chi connectivity index (χ1) is 11.2. The summed E-state index contributed by atoms with van der Waals surface area (Å²) in [5, 5.41) is 2.93. The fourth-order valence-electron chi connectivity index (χ4n) is 4.39. The number of benzene rings is 3. The molecule has 4 aromatic rings. The molecule has 0 fully saturated rings. The molecule has 0 saturated carbocycles. The van der Waals surface area contributed by atoms with Crippen LogP contribution in [0.25, 0.3) is 54.6 Å². The van der Waals surface area contributed by atoms with Crippen LogP contribution in [0.4, 0.5) is 0 Å². The third-order valence-electron chi connectivity index (χ3n) is 5.31. The molecule has 0 unspecified atom stereocenters. The van der Waals surface area contributed by atoms with Crippen LogP contribution < -0.4 is 0 Å².